The van der Waals surface area contributed by atoms with Crippen molar-refractivity contribution in [2.75, 3.05) is 0 Å². The Labute approximate surface area is 79.4 Å². The van der Waals surface area contributed by atoms with Crippen LogP contribution in [0.1, 0.15) is 16.1 Å². The molecule has 0 radical (unpaired) electrons. The second-order valence-corrected chi connectivity index (χ2v) is 3.68. The van der Waals surface area contributed by atoms with Crippen LogP contribution in [0.2, 0.25) is 0 Å². The Morgan fingerprint density at radius 2 is 2.46 bits per heavy atom. The van der Waals surface area contributed by atoms with Gasteiger partial charge in [0.05, 0.1) is 10.6 Å². The van der Waals surface area contributed by atoms with Gasteiger partial charge in [0, 0.05) is 0 Å². The van der Waals surface area contributed by atoms with Gasteiger partial charge in [-0.25, -0.2) is 0 Å². The molecule has 0 fully saturated rings. The highest BCUT2D eigenvalue weighted by Crippen LogP contribution is 2.27. The average Bonchev–Trinajstić information content (AvgIpc) is 2.71. The molecule has 3 nitrogen and oxygen atoms in total. The van der Waals surface area contributed by atoms with E-state index >= 15 is 0 Å². The Morgan fingerprint density at radius 3 is 3.00 bits per heavy atom. The number of thiophene rings is 1. The first-order valence-electron chi connectivity index (χ1n) is 3.86. The third kappa shape index (κ3) is 1.40. The highest BCUT2D eigenvalue weighted by atomic mass is 32.1. The maximum atomic E-state index is 10.4. The molecule has 66 valence electrons. The van der Waals surface area contributed by atoms with Crippen molar-refractivity contribution >= 4 is 17.6 Å². The predicted molar refractivity (Wildman–Crippen MR) is 52.0 cm³/mol. The van der Waals surface area contributed by atoms with Gasteiger partial charge in [-0.3, -0.25) is 9.89 Å². The van der Waals surface area contributed by atoms with Crippen LogP contribution in [0.3, 0.4) is 0 Å². The van der Waals surface area contributed by atoms with E-state index in [9.17, 15) is 4.79 Å². The van der Waals surface area contributed by atoms with E-state index in [1.807, 2.05) is 18.4 Å². The summed E-state index contributed by atoms with van der Waals surface area (Å²) in [5.74, 6) is 0. The molecule has 2 heterocycles. The van der Waals surface area contributed by atoms with Crippen LogP contribution < -0.4 is 0 Å². The molecule has 0 aliphatic heterocycles. The number of aromatic nitrogens is 2. The first-order valence-corrected chi connectivity index (χ1v) is 4.74. The summed E-state index contributed by atoms with van der Waals surface area (Å²) in [5, 5.41) is 8.72. The molecular weight excluding hydrogens is 184 g/mol. The second-order valence-electron chi connectivity index (χ2n) is 2.76. The first kappa shape index (κ1) is 8.19. The van der Waals surface area contributed by atoms with Crippen molar-refractivity contribution in [2.45, 2.75) is 6.92 Å². The number of hydrogen-bond acceptors (Lipinski definition) is 3. The number of aromatic amines is 1. The monoisotopic (exact) mass is 192 g/mol. The van der Waals surface area contributed by atoms with Crippen LogP contribution in [0.5, 0.6) is 0 Å². The molecule has 0 atom stereocenters. The topological polar surface area (TPSA) is 45.8 Å². The number of hydrogen-bond donors (Lipinski definition) is 1. The Balaban J connectivity index is 2.46. The number of nitrogens with one attached hydrogen (secondary N) is 1. The molecule has 0 saturated heterocycles. The van der Waals surface area contributed by atoms with E-state index in [1.54, 1.807) is 17.4 Å². The number of carbonyl (C=O) groups excluding carboxylic acids is 1. The first-order chi connectivity index (χ1) is 6.31. The molecule has 2 aromatic rings. The van der Waals surface area contributed by atoms with Crippen molar-refractivity contribution in [3.05, 3.63) is 28.8 Å². The lowest BCUT2D eigenvalue weighted by Gasteiger charge is -1.90. The van der Waals surface area contributed by atoms with Crippen LogP contribution in [0.15, 0.2) is 17.5 Å². The van der Waals surface area contributed by atoms with Crippen molar-refractivity contribution in [1.29, 1.82) is 0 Å². The van der Waals surface area contributed by atoms with E-state index in [4.69, 9.17) is 0 Å². The fourth-order valence-corrected chi connectivity index (χ4v) is 2.04. The molecule has 13 heavy (non-hydrogen) atoms. The van der Waals surface area contributed by atoms with E-state index < -0.39 is 0 Å². The van der Waals surface area contributed by atoms with Gasteiger partial charge in [-0.05, 0) is 30.0 Å². The van der Waals surface area contributed by atoms with Gasteiger partial charge in [0.15, 0.2) is 6.29 Å². The van der Waals surface area contributed by atoms with Gasteiger partial charge in [0.1, 0.15) is 5.69 Å². The number of H-pyrrole nitrogens is 1. The average molecular weight is 192 g/mol. The van der Waals surface area contributed by atoms with Crippen LogP contribution in [0.25, 0.3) is 10.6 Å². The van der Waals surface area contributed by atoms with Gasteiger partial charge in [0.25, 0.3) is 0 Å². The Hall–Kier alpha value is -1.42. The SMILES string of the molecule is Cc1ccsc1-c1cc(C=O)[nH]n1. The molecule has 0 spiro atoms. The Kier molecular flexibility index (Phi) is 1.98. The molecule has 2 rings (SSSR count). The lowest BCUT2D eigenvalue weighted by molar-refractivity contribution is 0.111. The molecule has 1 N–H and O–H groups in total. The van der Waals surface area contributed by atoms with Crippen molar-refractivity contribution in [3.8, 4) is 10.6 Å². The molecule has 2 aromatic heterocycles. The maximum absolute atomic E-state index is 10.4. The number of aldehydes is 1. The van der Waals surface area contributed by atoms with Gasteiger partial charge in [-0.1, -0.05) is 0 Å². The van der Waals surface area contributed by atoms with Crippen molar-refractivity contribution < 1.29 is 4.79 Å². The molecule has 0 aliphatic rings. The largest absolute Gasteiger partial charge is 0.296 e. The summed E-state index contributed by atoms with van der Waals surface area (Å²) in [6.07, 6.45) is 0.763. The van der Waals surface area contributed by atoms with Crippen molar-refractivity contribution in [3.63, 3.8) is 0 Å². The molecule has 0 unspecified atom stereocenters. The van der Waals surface area contributed by atoms with E-state index in [1.165, 1.54) is 5.56 Å². The van der Waals surface area contributed by atoms with Crippen LogP contribution in [-0.2, 0) is 0 Å². The van der Waals surface area contributed by atoms with E-state index in [0.29, 0.717) is 5.69 Å². The summed E-state index contributed by atoms with van der Waals surface area (Å²) in [7, 11) is 0. The molecule has 4 heteroatoms. The van der Waals surface area contributed by atoms with Crippen molar-refractivity contribution in [2.24, 2.45) is 0 Å². The van der Waals surface area contributed by atoms with Crippen LogP contribution in [0.4, 0.5) is 0 Å². The molecule has 0 amide bonds. The van der Waals surface area contributed by atoms with Gasteiger partial charge >= 0.3 is 0 Å². The maximum Gasteiger partial charge on any atom is 0.167 e. The number of carbonyl (C=O) groups is 1. The second kappa shape index (κ2) is 3.14. The predicted octanol–water partition coefficient (Wildman–Crippen LogP) is 2.26. The van der Waals surface area contributed by atoms with Gasteiger partial charge in [0.2, 0.25) is 0 Å². The smallest absolute Gasteiger partial charge is 0.167 e. The molecular formula is C9H8N2OS. The fraction of sp³-hybridized carbons (Fsp3) is 0.111. The van der Waals surface area contributed by atoms with E-state index in [0.717, 1.165) is 16.9 Å². The Morgan fingerprint density at radius 1 is 1.62 bits per heavy atom. The van der Waals surface area contributed by atoms with Gasteiger partial charge in [-0.15, -0.1) is 11.3 Å². The third-order valence-electron chi connectivity index (χ3n) is 1.82. The third-order valence-corrected chi connectivity index (χ3v) is 2.86. The van der Waals surface area contributed by atoms with Crippen LogP contribution >= 0.6 is 11.3 Å². The molecule has 0 aliphatic carbocycles. The van der Waals surface area contributed by atoms with Crippen LogP contribution in [-0.4, -0.2) is 16.5 Å². The van der Waals surface area contributed by atoms with Crippen molar-refractivity contribution in [1.82, 2.24) is 10.2 Å². The lowest BCUT2D eigenvalue weighted by Crippen LogP contribution is -1.76. The molecule has 0 saturated carbocycles. The van der Waals surface area contributed by atoms with Gasteiger partial charge in [-0.2, -0.15) is 5.10 Å². The summed E-state index contributed by atoms with van der Waals surface area (Å²) in [6.45, 7) is 2.03. The summed E-state index contributed by atoms with van der Waals surface area (Å²) < 4.78 is 0. The fourth-order valence-electron chi connectivity index (χ4n) is 1.15. The number of aryl methyl sites for hydroxylation is 1. The lowest BCUT2D eigenvalue weighted by atomic mass is 10.2. The zero-order valence-electron chi connectivity index (χ0n) is 7.07. The zero-order valence-corrected chi connectivity index (χ0v) is 7.89. The highest BCUT2D eigenvalue weighted by molar-refractivity contribution is 7.13. The molecule has 0 bridgehead atoms. The minimum Gasteiger partial charge on any atom is -0.296 e. The summed E-state index contributed by atoms with van der Waals surface area (Å²) >= 11 is 1.63. The summed E-state index contributed by atoms with van der Waals surface area (Å²) in [6, 6.07) is 3.79. The zero-order chi connectivity index (χ0) is 9.26. The quantitative estimate of drug-likeness (QED) is 0.742. The minimum atomic E-state index is 0.516. The Bertz CT molecular complexity index is 430. The normalized spacial score (nSPS) is 10.2. The van der Waals surface area contributed by atoms with E-state index in [2.05, 4.69) is 10.2 Å². The standard InChI is InChI=1S/C9H8N2OS/c1-6-2-3-13-9(6)8-4-7(5-12)10-11-8/h2-5H,1H3,(H,10,11). The van der Waals surface area contributed by atoms with Crippen LogP contribution in [0, 0.1) is 6.92 Å². The minimum absolute atomic E-state index is 0.516. The highest BCUT2D eigenvalue weighted by Gasteiger charge is 2.06. The number of nitrogens with zero attached hydrogens (tertiary/aromatic N) is 1. The summed E-state index contributed by atoms with van der Waals surface area (Å²) in [5.41, 5.74) is 2.55. The summed E-state index contributed by atoms with van der Waals surface area (Å²) in [4.78, 5) is 11.5. The molecule has 0 aromatic carbocycles. The van der Waals surface area contributed by atoms with E-state index in [-0.39, 0.29) is 0 Å². The number of rotatable bonds is 2. The van der Waals surface area contributed by atoms with Gasteiger partial charge < -0.3 is 0 Å².